The molecule has 0 unspecified atom stereocenters. The fourth-order valence-electron chi connectivity index (χ4n) is 2.44. The summed E-state index contributed by atoms with van der Waals surface area (Å²) >= 11 is 1.40. The number of aromatic nitrogens is 2. The van der Waals surface area contributed by atoms with Crippen molar-refractivity contribution in [2.75, 3.05) is 31.2 Å². The second-order valence-electron chi connectivity index (χ2n) is 5.92. The maximum Gasteiger partial charge on any atom is 0.162 e. The predicted molar refractivity (Wildman–Crippen MR) is 107 cm³/mol. The van der Waals surface area contributed by atoms with E-state index in [1.54, 1.807) is 24.3 Å². The average Bonchev–Trinajstić information content (AvgIpc) is 2.67. The highest BCUT2D eigenvalue weighted by molar-refractivity contribution is 7.99. The summed E-state index contributed by atoms with van der Waals surface area (Å²) in [7, 11) is -1.62. The van der Waals surface area contributed by atoms with Gasteiger partial charge < -0.3 is 9.47 Å². The summed E-state index contributed by atoms with van der Waals surface area (Å²) < 4.78 is 33.7. The van der Waals surface area contributed by atoms with Crippen LogP contribution in [0.4, 0.5) is 5.69 Å². The smallest absolute Gasteiger partial charge is 0.162 e. The van der Waals surface area contributed by atoms with Gasteiger partial charge in [-0.15, -0.1) is 0 Å². The monoisotopic (exact) mass is 421 g/mol. The Hall–Kier alpha value is -2.56. The van der Waals surface area contributed by atoms with Crippen molar-refractivity contribution in [1.82, 2.24) is 9.97 Å². The van der Waals surface area contributed by atoms with E-state index in [9.17, 15) is 8.42 Å². The van der Waals surface area contributed by atoms with Gasteiger partial charge in [-0.1, -0.05) is 17.8 Å². The molecule has 0 amide bonds. The van der Waals surface area contributed by atoms with Gasteiger partial charge in [-0.3, -0.25) is 10.7 Å². The van der Waals surface area contributed by atoms with Crippen LogP contribution in [0.15, 0.2) is 52.6 Å². The fraction of sp³-hybridized carbons (Fsp3) is 0.222. The van der Waals surface area contributed by atoms with Crippen molar-refractivity contribution in [2.45, 2.75) is 9.92 Å². The van der Waals surface area contributed by atoms with E-state index >= 15 is 0 Å². The third kappa shape index (κ3) is 5.03. The summed E-state index contributed by atoms with van der Waals surface area (Å²) in [4.78, 5) is 9.50. The number of nitrogens with one attached hydrogen (secondary N) is 1. The minimum atomic E-state index is -3.13. The van der Waals surface area contributed by atoms with Gasteiger partial charge in [0.2, 0.25) is 0 Å². The Morgan fingerprint density at radius 3 is 2.71 bits per heavy atom. The second kappa shape index (κ2) is 8.63. The van der Waals surface area contributed by atoms with E-state index in [1.807, 2.05) is 12.1 Å². The highest BCUT2D eigenvalue weighted by Crippen LogP contribution is 2.37. The molecule has 1 aromatic heterocycles. The molecule has 8 nitrogen and oxygen atoms in total. The van der Waals surface area contributed by atoms with Crippen LogP contribution in [-0.4, -0.2) is 49.3 Å². The van der Waals surface area contributed by atoms with E-state index in [1.165, 1.54) is 25.2 Å². The Morgan fingerprint density at radius 2 is 2.00 bits per heavy atom. The lowest BCUT2D eigenvalue weighted by atomic mass is 10.2. The molecule has 0 bridgehead atoms. The van der Waals surface area contributed by atoms with Crippen LogP contribution in [0, 0.1) is 0 Å². The average molecular weight is 422 g/mol. The molecule has 3 aromatic rings. The van der Waals surface area contributed by atoms with Crippen LogP contribution in [0.3, 0.4) is 0 Å². The third-order valence-corrected chi connectivity index (χ3v) is 5.69. The number of hydrogen-bond acceptors (Lipinski definition) is 9. The molecule has 28 heavy (non-hydrogen) atoms. The molecule has 0 saturated heterocycles. The van der Waals surface area contributed by atoms with Gasteiger partial charge in [0.25, 0.3) is 0 Å². The van der Waals surface area contributed by atoms with Gasteiger partial charge in [-0.05, 0) is 24.3 Å². The predicted octanol–water partition coefficient (Wildman–Crippen LogP) is 3.01. The Bertz CT molecular complexity index is 1090. The Kier molecular flexibility index (Phi) is 6.22. The first kappa shape index (κ1) is 20.2. The summed E-state index contributed by atoms with van der Waals surface area (Å²) in [5.74, 6) is 0.783. The van der Waals surface area contributed by atoms with Crippen molar-refractivity contribution >= 4 is 38.2 Å². The molecular weight excluding hydrogens is 402 g/mol. The molecule has 0 aliphatic carbocycles. The van der Waals surface area contributed by atoms with Gasteiger partial charge in [0.05, 0.1) is 24.1 Å². The molecule has 0 radical (unpaired) electrons. The van der Waals surface area contributed by atoms with Gasteiger partial charge >= 0.3 is 0 Å². The zero-order valence-corrected chi connectivity index (χ0v) is 16.9. The highest BCUT2D eigenvalue weighted by Gasteiger charge is 2.13. The van der Waals surface area contributed by atoms with Crippen molar-refractivity contribution in [1.29, 1.82) is 0 Å². The van der Waals surface area contributed by atoms with Gasteiger partial charge in [-0.25, -0.2) is 18.4 Å². The van der Waals surface area contributed by atoms with Crippen LogP contribution in [0.2, 0.25) is 0 Å². The third-order valence-electron chi connectivity index (χ3n) is 3.77. The first-order chi connectivity index (χ1) is 13.4. The fourth-order valence-corrected chi connectivity index (χ4v) is 3.75. The summed E-state index contributed by atoms with van der Waals surface area (Å²) in [5, 5.41) is 10.5. The zero-order chi connectivity index (χ0) is 20.1. The lowest BCUT2D eigenvalue weighted by Crippen LogP contribution is -2.12. The first-order valence-electron chi connectivity index (χ1n) is 8.21. The topological polar surface area (TPSA) is 111 Å². The van der Waals surface area contributed by atoms with Crippen LogP contribution >= 0.6 is 11.8 Å². The number of anilines is 1. The summed E-state index contributed by atoms with van der Waals surface area (Å²) in [6.07, 6.45) is 2.62. The summed E-state index contributed by atoms with van der Waals surface area (Å²) in [6, 6.07) is 10.7. The molecular formula is C18H19N3O5S2. The molecule has 3 rings (SSSR count). The first-order valence-corrected chi connectivity index (χ1v) is 11.1. The maximum absolute atomic E-state index is 11.3. The molecule has 1 heterocycles. The molecule has 0 atom stereocenters. The Balaban J connectivity index is 1.95. The molecule has 0 aliphatic rings. The molecule has 2 N–H and O–H groups in total. The number of methoxy groups -OCH3 is 1. The molecule has 2 aromatic carbocycles. The van der Waals surface area contributed by atoms with Crippen molar-refractivity contribution < 1.29 is 23.1 Å². The van der Waals surface area contributed by atoms with Crippen molar-refractivity contribution in [3.63, 3.8) is 0 Å². The van der Waals surface area contributed by atoms with E-state index in [2.05, 4.69) is 15.4 Å². The molecule has 0 aliphatic heterocycles. The summed E-state index contributed by atoms with van der Waals surface area (Å²) in [6.45, 7) is 0.0150. The standard InChI is InChI=1S/C18H19N3O5S2/c1-25-16-10-15-14(9-17(16)26-6-7-28(2,23)24)18(20-11-19-15)27-13-5-3-4-12(8-13)21-22/h3-5,8-11,21-22H,6-7H2,1-2H3. The van der Waals surface area contributed by atoms with E-state index in [0.29, 0.717) is 27.7 Å². The lowest BCUT2D eigenvalue weighted by Gasteiger charge is -2.13. The van der Waals surface area contributed by atoms with Gasteiger partial charge in [-0.2, -0.15) is 0 Å². The normalized spacial score (nSPS) is 11.4. The Labute approximate surface area is 166 Å². The molecule has 0 spiro atoms. The maximum atomic E-state index is 11.3. The number of sulfone groups is 1. The SMILES string of the molecule is COc1cc2ncnc(Sc3cccc(NO)c3)c2cc1OCCS(C)(=O)=O. The van der Waals surface area contributed by atoms with E-state index in [4.69, 9.17) is 14.7 Å². The number of benzene rings is 2. The number of nitrogens with zero attached hydrogens (tertiary/aromatic N) is 2. The molecule has 0 saturated carbocycles. The second-order valence-corrected chi connectivity index (χ2v) is 9.24. The van der Waals surface area contributed by atoms with Gasteiger partial charge in [0.1, 0.15) is 18.0 Å². The highest BCUT2D eigenvalue weighted by atomic mass is 32.2. The number of fused-ring (bicyclic) bond motifs is 1. The van der Waals surface area contributed by atoms with Crippen LogP contribution in [0.25, 0.3) is 10.9 Å². The number of rotatable bonds is 8. The number of ether oxygens (including phenoxy) is 2. The minimum Gasteiger partial charge on any atom is -0.493 e. The Morgan fingerprint density at radius 1 is 1.18 bits per heavy atom. The summed E-state index contributed by atoms with van der Waals surface area (Å²) in [5.41, 5.74) is 3.35. The van der Waals surface area contributed by atoms with E-state index in [-0.39, 0.29) is 12.4 Å². The van der Waals surface area contributed by atoms with Crippen LogP contribution in [0.1, 0.15) is 0 Å². The van der Waals surface area contributed by atoms with Crippen molar-refractivity contribution in [2.24, 2.45) is 0 Å². The largest absolute Gasteiger partial charge is 0.493 e. The van der Waals surface area contributed by atoms with E-state index in [0.717, 1.165) is 16.5 Å². The van der Waals surface area contributed by atoms with Crippen LogP contribution in [0.5, 0.6) is 11.5 Å². The quantitative estimate of drug-likeness (QED) is 0.419. The van der Waals surface area contributed by atoms with Crippen LogP contribution < -0.4 is 15.0 Å². The molecule has 148 valence electrons. The minimum absolute atomic E-state index is 0.0150. The molecule has 10 heteroatoms. The lowest BCUT2D eigenvalue weighted by molar-refractivity contribution is 0.312. The van der Waals surface area contributed by atoms with Gasteiger partial charge in [0, 0.05) is 22.6 Å². The van der Waals surface area contributed by atoms with Gasteiger partial charge in [0.15, 0.2) is 21.3 Å². The van der Waals surface area contributed by atoms with Crippen LogP contribution in [-0.2, 0) is 9.84 Å². The van der Waals surface area contributed by atoms with E-state index < -0.39 is 9.84 Å². The zero-order valence-electron chi connectivity index (χ0n) is 15.2. The van der Waals surface area contributed by atoms with Crippen molar-refractivity contribution in [3.05, 3.63) is 42.7 Å². The number of hydrogen-bond donors (Lipinski definition) is 2. The van der Waals surface area contributed by atoms with Crippen molar-refractivity contribution in [3.8, 4) is 11.5 Å². The molecule has 0 fully saturated rings.